The van der Waals surface area contributed by atoms with E-state index in [1.165, 1.54) is 36.4 Å². The largest absolute Gasteiger partial charge is 0.481 e. The number of aryl methyl sites for hydroxylation is 1. The summed E-state index contributed by atoms with van der Waals surface area (Å²) >= 11 is 0. The van der Waals surface area contributed by atoms with Gasteiger partial charge in [0.2, 0.25) is 0 Å². The highest BCUT2D eigenvalue weighted by atomic mass is 32.2. The van der Waals surface area contributed by atoms with E-state index >= 15 is 0 Å². The first kappa shape index (κ1) is 21.0. The first-order valence-corrected chi connectivity index (χ1v) is 10.7. The van der Waals surface area contributed by atoms with Gasteiger partial charge in [-0.15, -0.1) is 0 Å². The highest BCUT2D eigenvalue weighted by Gasteiger charge is 2.20. The van der Waals surface area contributed by atoms with Crippen LogP contribution in [0.4, 0.5) is 4.39 Å². The third kappa shape index (κ3) is 4.31. The van der Waals surface area contributed by atoms with Crippen molar-refractivity contribution in [3.8, 4) is 0 Å². The summed E-state index contributed by atoms with van der Waals surface area (Å²) in [5.74, 6) is -1.52. The highest BCUT2D eigenvalue weighted by Crippen LogP contribution is 2.33. The van der Waals surface area contributed by atoms with Crippen molar-refractivity contribution < 1.29 is 27.8 Å². The molecular formula is C22H21FO5S. The first-order chi connectivity index (χ1) is 13.6. The van der Waals surface area contributed by atoms with E-state index in [1.807, 2.05) is 0 Å². The van der Waals surface area contributed by atoms with Crippen molar-refractivity contribution in [2.45, 2.75) is 31.3 Å². The Bertz CT molecular complexity index is 1200. The summed E-state index contributed by atoms with van der Waals surface area (Å²) in [4.78, 5) is 11.3. The van der Waals surface area contributed by atoms with Gasteiger partial charge in [-0.3, -0.25) is 4.79 Å². The maximum absolute atomic E-state index is 13.9. The molecule has 0 aromatic heterocycles. The molecule has 5 nitrogen and oxygen atoms in total. The van der Waals surface area contributed by atoms with Gasteiger partial charge in [-0.1, -0.05) is 31.2 Å². The molecule has 0 aliphatic heterocycles. The van der Waals surface area contributed by atoms with Gasteiger partial charge in [0, 0.05) is 0 Å². The molecular weight excluding hydrogens is 395 g/mol. The van der Waals surface area contributed by atoms with E-state index in [4.69, 9.17) is 5.11 Å². The van der Waals surface area contributed by atoms with Crippen LogP contribution in [0.2, 0.25) is 0 Å². The second-order valence-corrected chi connectivity index (χ2v) is 9.22. The zero-order chi connectivity index (χ0) is 21.3. The number of fused-ring (bicyclic) bond motifs is 1. The quantitative estimate of drug-likeness (QED) is 0.638. The molecule has 1 atom stereocenters. The average molecular weight is 416 g/mol. The molecule has 3 rings (SSSR count). The van der Waals surface area contributed by atoms with Crippen LogP contribution in [0.5, 0.6) is 0 Å². The van der Waals surface area contributed by atoms with Gasteiger partial charge < -0.3 is 10.2 Å². The lowest BCUT2D eigenvalue weighted by Gasteiger charge is -2.18. The van der Waals surface area contributed by atoms with Crippen LogP contribution in [0.25, 0.3) is 10.8 Å². The summed E-state index contributed by atoms with van der Waals surface area (Å²) < 4.78 is 38.1. The minimum atomic E-state index is -3.38. The van der Waals surface area contributed by atoms with Crippen molar-refractivity contribution >= 4 is 26.6 Å². The summed E-state index contributed by atoms with van der Waals surface area (Å²) in [6.07, 6.45) is -1.41. The molecule has 3 aromatic rings. The second-order valence-electron chi connectivity index (χ2n) is 6.95. The third-order valence-corrected chi connectivity index (χ3v) is 6.67. The van der Waals surface area contributed by atoms with Crippen LogP contribution in [-0.2, 0) is 21.1 Å². The molecule has 0 fully saturated rings. The van der Waals surface area contributed by atoms with Crippen molar-refractivity contribution in [3.05, 3.63) is 76.6 Å². The molecule has 0 radical (unpaired) electrons. The van der Waals surface area contributed by atoms with Crippen molar-refractivity contribution in [2.75, 3.05) is 5.75 Å². The summed E-state index contributed by atoms with van der Waals surface area (Å²) in [7, 11) is -3.38. The number of carboxylic acid groups (broad SMARTS) is 1. The monoisotopic (exact) mass is 416 g/mol. The van der Waals surface area contributed by atoms with Gasteiger partial charge in [-0.25, -0.2) is 12.8 Å². The molecule has 0 saturated carbocycles. The lowest BCUT2D eigenvalue weighted by Crippen LogP contribution is -2.08. The fourth-order valence-corrected chi connectivity index (χ4v) is 4.37. The topological polar surface area (TPSA) is 91.7 Å². The van der Waals surface area contributed by atoms with Gasteiger partial charge in [0.15, 0.2) is 9.84 Å². The molecule has 152 valence electrons. The molecule has 1 unspecified atom stereocenters. The van der Waals surface area contributed by atoms with Crippen LogP contribution in [-0.4, -0.2) is 30.4 Å². The number of halogens is 1. The molecule has 0 aliphatic carbocycles. The summed E-state index contributed by atoms with van der Waals surface area (Å²) in [5, 5.41) is 21.3. The zero-order valence-electron chi connectivity index (χ0n) is 16.0. The molecule has 0 saturated heterocycles. The van der Waals surface area contributed by atoms with Crippen LogP contribution >= 0.6 is 0 Å². The molecule has 29 heavy (non-hydrogen) atoms. The lowest BCUT2D eigenvalue weighted by atomic mass is 9.91. The number of hydrogen-bond acceptors (Lipinski definition) is 4. The molecule has 0 spiro atoms. The van der Waals surface area contributed by atoms with E-state index in [1.54, 1.807) is 26.0 Å². The zero-order valence-corrected chi connectivity index (χ0v) is 16.8. The lowest BCUT2D eigenvalue weighted by molar-refractivity contribution is -0.136. The van der Waals surface area contributed by atoms with Crippen molar-refractivity contribution in [1.29, 1.82) is 0 Å². The van der Waals surface area contributed by atoms with Crippen LogP contribution < -0.4 is 0 Å². The van der Waals surface area contributed by atoms with Crippen molar-refractivity contribution in [1.82, 2.24) is 0 Å². The molecule has 7 heteroatoms. The standard InChI is InChI=1S/C22H21FO5S/c1-3-29(27,28)17-6-7-18(13(2)8-17)22(26)20-10-14(11-21(24)25)9-15-4-5-16(23)12-19(15)20/h4-10,12,22,26H,3,11H2,1-2H3,(H,24,25). The van der Waals surface area contributed by atoms with E-state index in [0.29, 0.717) is 33.0 Å². The van der Waals surface area contributed by atoms with Crippen molar-refractivity contribution in [2.24, 2.45) is 0 Å². The van der Waals surface area contributed by atoms with Gasteiger partial charge in [0.05, 0.1) is 17.1 Å². The number of aliphatic hydroxyl groups excluding tert-OH is 1. The van der Waals surface area contributed by atoms with Gasteiger partial charge in [0.1, 0.15) is 11.9 Å². The second kappa shape index (κ2) is 7.93. The SMILES string of the molecule is CCS(=O)(=O)c1ccc(C(O)c2cc(CC(=O)O)cc3ccc(F)cc23)c(C)c1. The fourth-order valence-electron chi connectivity index (χ4n) is 3.41. The van der Waals surface area contributed by atoms with E-state index in [9.17, 15) is 22.7 Å². The maximum atomic E-state index is 13.9. The minimum absolute atomic E-state index is 0.0323. The number of carboxylic acids is 1. The van der Waals surface area contributed by atoms with E-state index < -0.39 is 27.7 Å². The van der Waals surface area contributed by atoms with Crippen LogP contribution in [0.1, 0.15) is 35.3 Å². The Kier molecular flexibility index (Phi) is 5.73. The van der Waals surface area contributed by atoms with Crippen LogP contribution in [0.3, 0.4) is 0 Å². The minimum Gasteiger partial charge on any atom is -0.481 e. The molecule has 0 bridgehead atoms. The number of benzene rings is 3. The Balaban J connectivity index is 2.16. The van der Waals surface area contributed by atoms with E-state index in [-0.39, 0.29) is 17.1 Å². The highest BCUT2D eigenvalue weighted by molar-refractivity contribution is 7.91. The number of aliphatic carboxylic acids is 1. The Hall–Kier alpha value is -2.77. The van der Waals surface area contributed by atoms with Gasteiger partial charge in [0.25, 0.3) is 0 Å². The number of hydrogen-bond donors (Lipinski definition) is 2. The van der Waals surface area contributed by atoms with Crippen LogP contribution in [0, 0.1) is 12.7 Å². The molecule has 0 amide bonds. The number of sulfone groups is 1. The van der Waals surface area contributed by atoms with Crippen LogP contribution in [0.15, 0.2) is 53.4 Å². The predicted molar refractivity (Wildman–Crippen MR) is 108 cm³/mol. The van der Waals surface area contributed by atoms with Gasteiger partial charge in [-0.05, 0) is 64.2 Å². The maximum Gasteiger partial charge on any atom is 0.307 e. The first-order valence-electron chi connectivity index (χ1n) is 9.07. The molecule has 0 aliphatic rings. The Morgan fingerprint density at radius 1 is 1.07 bits per heavy atom. The predicted octanol–water partition coefficient (Wildman–Crippen LogP) is 3.79. The third-order valence-electron chi connectivity index (χ3n) is 4.93. The Morgan fingerprint density at radius 2 is 1.79 bits per heavy atom. The van der Waals surface area contributed by atoms with Crippen molar-refractivity contribution in [3.63, 3.8) is 0 Å². The molecule has 2 N–H and O–H groups in total. The molecule has 3 aromatic carbocycles. The van der Waals surface area contributed by atoms with E-state index in [0.717, 1.165) is 0 Å². The summed E-state index contributed by atoms with van der Waals surface area (Å²) in [5.41, 5.74) is 1.89. The number of carbonyl (C=O) groups is 1. The Morgan fingerprint density at radius 3 is 2.41 bits per heavy atom. The van der Waals surface area contributed by atoms with Gasteiger partial charge in [-0.2, -0.15) is 0 Å². The number of aliphatic hydroxyl groups is 1. The molecule has 0 heterocycles. The fraction of sp³-hybridized carbons (Fsp3) is 0.227. The summed E-state index contributed by atoms with van der Waals surface area (Å²) in [6.45, 7) is 3.25. The normalized spacial score (nSPS) is 12.8. The summed E-state index contributed by atoms with van der Waals surface area (Å²) in [6, 6.07) is 11.8. The average Bonchev–Trinajstić information content (AvgIpc) is 2.66. The van der Waals surface area contributed by atoms with E-state index in [2.05, 4.69) is 0 Å². The smallest absolute Gasteiger partial charge is 0.307 e. The number of rotatable bonds is 6. The van der Waals surface area contributed by atoms with Gasteiger partial charge >= 0.3 is 5.97 Å². The Labute approximate surface area is 168 Å².